The third kappa shape index (κ3) is 4.81. The molecule has 36 heavy (non-hydrogen) atoms. The summed E-state index contributed by atoms with van der Waals surface area (Å²) in [5.74, 6) is 1.66. The highest BCUT2D eigenvalue weighted by Crippen LogP contribution is 2.48. The van der Waals surface area contributed by atoms with Gasteiger partial charge in [0.05, 0.1) is 66.5 Å². The molecule has 1 aromatic carbocycles. The van der Waals surface area contributed by atoms with Crippen molar-refractivity contribution in [2.75, 3.05) is 32.8 Å². The van der Waals surface area contributed by atoms with Crippen LogP contribution >= 0.6 is 23.2 Å². The number of anilines is 1. The number of hydrogen-bond donors (Lipinski definition) is 3. The summed E-state index contributed by atoms with van der Waals surface area (Å²) in [5.41, 5.74) is 2.79. The number of nitrogens with one attached hydrogen (secondary N) is 2. The van der Waals surface area contributed by atoms with Gasteiger partial charge in [-0.25, -0.2) is 9.97 Å². The van der Waals surface area contributed by atoms with E-state index in [1.807, 2.05) is 6.07 Å². The van der Waals surface area contributed by atoms with E-state index < -0.39 is 6.23 Å². The second-order valence-corrected chi connectivity index (χ2v) is 9.58. The van der Waals surface area contributed by atoms with Gasteiger partial charge in [0.25, 0.3) is 0 Å². The van der Waals surface area contributed by atoms with Crippen molar-refractivity contribution in [2.45, 2.75) is 37.1 Å². The zero-order valence-corrected chi connectivity index (χ0v) is 21.4. The molecule has 5 rings (SSSR count). The molecular weight excluding hydrogens is 505 g/mol. The second-order valence-electron chi connectivity index (χ2n) is 8.82. The van der Waals surface area contributed by atoms with Crippen LogP contribution in [-0.4, -0.2) is 65.8 Å². The fourth-order valence-electron chi connectivity index (χ4n) is 4.33. The van der Waals surface area contributed by atoms with Gasteiger partial charge < -0.3 is 24.6 Å². The van der Waals surface area contributed by atoms with Crippen LogP contribution in [0.2, 0.25) is 10.0 Å². The topological polar surface area (TPSA) is 111 Å². The summed E-state index contributed by atoms with van der Waals surface area (Å²) in [7, 11) is 3.08. The Balaban J connectivity index is 1.54. The molecule has 1 aliphatic carbocycles. The van der Waals surface area contributed by atoms with Crippen LogP contribution in [0.4, 0.5) is 5.95 Å². The lowest BCUT2D eigenvalue weighted by Gasteiger charge is -2.22. The monoisotopic (exact) mass is 531 g/mol. The average molecular weight is 532 g/mol. The highest BCUT2D eigenvalue weighted by Gasteiger charge is 2.32. The number of fused-ring (bicyclic) bond motifs is 1. The number of nitrogens with zero attached hydrogens (tertiary/aromatic N) is 3. The summed E-state index contributed by atoms with van der Waals surface area (Å²) in [4.78, 5) is 14.3. The van der Waals surface area contributed by atoms with Gasteiger partial charge in [0.1, 0.15) is 17.7 Å². The first-order valence-corrected chi connectivity index (χ1v) is 12.4. The highest BCUT2D eigenvalue weighted by molar-refractivity contribution is 6.41. The molecule has 0 amide bonds. The van der Waals surface area contributed by atoms with Gasteiger partial charge in [-0.2, -0.15) is 0 Å². The minimum atomic E-state index is -0.823. The zero-order chi connectivity index (χ0) is 25.4. The molecule has 3 heterocycles. The summed E-state index contributed by atoms with van der Waals surface area (Å²) in [5, 5.41) is 17.8. The number of ether oxygens (including phenoxy) is 3. The molecule has 0 spiro atoms. The normalized spacial score (nSPS) is 20.4. The van der Waals surface area contributed by atoms with Crippen molar-refractivity contribution in [1.29, 1.82) is 0 Å². The largest absolute Gasteiger partial charge is 0.495 e. The average Bonchev–Trinajstić information content (AvgIpc) is 3.64. The SMILES string of the molecule is C=CC(O)N[C@H]1COC[C@H]1Nc1ncc2cc(-c3c(Cl)c(OC)cc(OC)c3Cl)nc(C3CC3)c2n1. The molecule has 1 unspecified atom stereocenters. The summed E-state index contributed by atoms with van der Waals surface area (Å²) < 4.78 is 16.5. The molecule has 2 fully saturated rings. The lowest BCUT2D eigenvalue weighted by molar-refractivity contribution is 0.149. The van der Waals surface area contributed by atoms with Crippen molar-refractivity contribution in [2.24, 2.45) is 0 Å². The van der Waals surface area contributed by atoms with Gasteiger partial charge in [0, 0.05) is 29.1 Å². The van der Waals surface area contributed by atoms with E-state index in [0.29, 0.717) is 57.9 Å². The van der Waals surface area contributed by atoms with Crippen molar-refractivity contribution >= 4 is 40.1 Å². The van der Waals surface area contributed by atoms with Crippen LogP contribution in [0.15, 0.2) is 31.0 Å². The van der Waals surface area contributed by atoms with Gasteiger partial charge >= 0.3 is 0 Å². The molecule has 1 saturated carbocycles. The molecular formula is C25H27Cl2N5O4. The van der Waals surface area contributed by atoms with Gasteiger partial charge in [-0.05, 0) is 25.0 Å². The summed E-state index contributed by atoms with van der Waals surface area (Å²) in [6, 6.07) is 3.30. The molecule has 0 radical (unpaired) electrons. The maximum atomic E-state index is 9.89. The van der Waals surface area contributed by atoms with Crippen molar-refractivity contribution in [3.05, 3.63) is 46.7 Å². The minimum Gasteiger partial charge on any atom is -0.495 e. The van der Waals surface area contributed by atoms with Gasteiger partial charge in [0.15, 0.2) is 0 Å². The number of aromatic nitrogens is 3. The van der Waals surface area contributed by atoms with E-state index in [2.05, 4.69) is 22.2 Å². The Hall–Kier alpha value is -2.69. The Morgan fingerprint density at radius 2 is 1.81 bits per heavy atom. The van der Waals surface area contributed by atoms with Gasteiger partial charge in [-0.15, -0.1) is 0 Å². The van der Waals surface area contributed by atoms with Crippen molar-refractivity contribution in [3.63, 3.8) is 0 Å². The predicted octanol–water partition coefficient (Wildman–Crippen LogP) is 4.17. The van der Waals surface area contributed by atoms with E-state index in [1.165, 1.54) is 20.3 Å². The Kier molecular flexibility index (Phi) is 7.18. The lowest BCUT2D eigenvalue weighted by Crippen LogP contribution is -2.47. The molecule has 190 valence electrons. The van der Waals surface area contributed by atoms with Gasteiger partial charge in [-0.3, -0.25) is 10.3 Å². The first kappa shape index (κ1) is 25.0. The van der Waals surface area contributed by atoms with E-state index in [4.69, 9.17) is 47.4 Å². The molecule has 3 N–H and O–H groups in total. The quantitative estimate of drug-likeness (QED) is 0.276. The number of pyridine rings is 1. The van der Waals surface area contributed by atoms with E-state index in [-0.39, 0.29) is 12.1 Å². The zero-order valence-electron chi connectivity index (χ0n) is 19.9. The van der Waals surface area contributed by atoms with Gasteiger partial charge in [0.2, 0.25) is 5.95 Å². The molecule has 1 saturated heterocycles. The van der Waals surface area contributed by atoms with Crippen LogP contribution in [0, 0.1) is 0 Å². The van der Waals surface area contributed by atoms with Crippen LogP contribution in [0.3, 0.4) is 0 Å². The Bertz CT molecular complexity index is 1280. The van der Waals surface area contributed by atoms with Crippen LogP contribution in [0.1, 0.15) is 24.5 Å². The molecule has 0 bridgehead atoms. The Morgan fingerprint density at radius 3 is 2.44 bits per heavy atom. The smallest absolute Gasteiger partial charge is 0.223 e. The Morgan fingerprint density at radius 1 is 1.11 bits per heavy atom. The molecule has 3 atom stereocenters. The number of aliphatic hydroxyl groups is 1. The minimum absolute atomic E-state index is 0.115. The molecule has 1 aliphatic heterocycles. The van der Waals surface area contributed by atoms with Crippen molar-refractivity contribution < 1.29 is 19.3 Å². The van der Waals surface area contributed by atoms with E-state index >= 15 is 0 Å². The van der Waals surface area contributed by atoms with Crippen LogP contribution in [-0.2, 0) is 4.74 Å². The highest BCUT2D eigenvalue weighted by atomic mass is 35.5. The molecule has 11 heteroatoms. The van der Waals surface area contributed by atoms with Crippen LogP contribution < -0.4 is 20.1 Å². The second kappa shape index (κ2) is 10.4. The summed E-state index contributed by atoms with van der Waals surface area (Å²) in [6.07, 6.45) is 4.43. The maximum absolute atomic E-state index is 9.89. The number of hydrogen-bond acceptors (Lipinski definition) is 9. The molecule has 2 aliphatic rings. The van der Waals surface area contributed by atoms with E-state index in [1.54, 1.807) is 12.3 Å². The van der Waals surface area contributed by atoms with E-state index in [9.17, 15) is 5.11 Å². The molecule has 3 aromatic rings. The third-order valence-electron chi connectivity index (χ3n) is 6.39. The Labute approximate surface area is 218 Å². The molecule has 9 nitrogen and oxygen atoms in total. The predicted molar refractivity (Wildman–Crippen MR) is 139 cm³/mol. The summed E-state index contributed by atoms with van der Waals surface area (Å²) in [6.45, 7) is 4.52. The number of aliphatic hydroxyl groups excluding tert-OH is 1. The summed E-state index contributed by atoms with van der Waals surface area (Å²) >= 11 is 13.3. The fourth-order valence-corrected chi connectivity index (χ4v) is 5.02. The third-order valence-corrected chi connectivity index (χ3v) is 7.14. The fraction of sp³-hybridized carbons (Fsp3) is 0.400. The maximum Gasteiger partial charge on any atom is 0.223 e. The molecule has 2 aromatic heterocycles. The number of halogens is 2. The first-order chi connectivity index (χ1) is 17.4. The number of rotatable bonds is 9. The van der Waals surface area contributed by atoms with Gasteiger partial charge in [-0.1, -0.05) is 29.8 Å². The number of benzene rings is 1. The lowest BCUT2D eigenvalue weighted by atomic mass is 10.1. The number of methoxy groups -OCH3 is 2. The van der Waals surface area contributed by atoms with Crippen LogP contribution in [0.25, 0.3) is 22.2 Å². The van der Waals surface area contributed by atoms with E-state index in [0.717, 1.165) is 29.4 Å². The van der Waals surface area contributed by atoms with Crippen LogP contribution in [0.5, 0.6) is 11.5 Å². The van der Waals surface area contributed by atoms with Crippen molar-refractivity contribution in [1.82, 2.24) is 20.3 Å². The first-order valence-electron chi connectivity index (χ1n) is 11.6. The standard InChI is InChI=1S/C25H27Cl2N5O4/c1-4-19(33)29-15-10-36-11-16(15)31-25-28-9-13-7-14(30-23(12-5-6-12)24(13)32-25)20-21(26)17(34-2)8-18(35-3)22(20)27/h4,7-9,12,15-16,19,29,33H,1,5-6,10-11H2,2-3H3,(H,28,31,32)/t15-,16+,19?/m0/s1. The van der Waals surface area contributed by atoms with Crippen molar-refractivity contribution in [3.8, 4) is 22.8 Å².